The summed E-state index contributed by atoms with van der Waals surface area (Å²) in [5, 5.41) is 0.780. The molecule has 1 aromatic heterocycles. The van der Waals surface area contributed by atoms with Crippen LogP contribution in [0, 0.1) is 5.82 Å². The van der Waals surface area contributed by atoms with Gasteiger partial charge in [-0.2, -0.15) is 0 Å². The summed E-state index contributed by atoms with van der Waals surface area (Å²) in [7, 11) is 0. The van der Waals surface area contributed by atoms with E-state index in [2.05, 4.69) is 20.9 Å². The predicted octanol–water partition coefficient (Wildman–Crippen LogP) is 4.60. The average Bonchev–Trinajstić information content (AvgIpc) is 3.06. The van der Waals surface area contributed by atoms with Gasteiger partial charge >= 0.3 is 11.9 Å². The second kappa shape index (κ2) is 9.80. The fraction of sp³-hybridized carbons (Fsp3) is 0.240. The molecule has 176 valence electrons. The maximum absolute atomic E-state index is 14.5. The Bertz CT molecular complexity index is 1320. The number of hydrogen-bond donors (Lipinski definition) is 1. The van der Waals surface area contributed by atoms with Gasteiger partial charge in [0.25, 0.3) is 5.91 Å². The maximum atomic E-state index is 14.5. The average molecular weight is 529 g/mol. The highest BCUT2D eigenvalue weighted by atomic mass is 79.9. The molecule has 2 heterocycles. The molecule has 3 aromatic rings. The Morgan fingerprint density at radius 3 is 2.56 bits per heavy atom. The van der Waals surface area contributed by atoms with Crippen molar-refractivity contribution in [3.05, 3.63) is 75.8 Å². The van der Waals surface area contributed by atoms with Gasteiger partial charge in [0.05, 0.1) is 30.0 Å². The number of aromatic amines is 1. The number of ether oxygens (including phenoxy) is 2. The summed E-state index contributed by atoms with van der Waals surface area (Å²) in [5.74, 6) is -2.84. The number of aromatic nitrogens is 1. The molecule has 0 saturated heterocycles. The first kappa shape index (κ1) is 23.7. The smallest absolute Gasteiger partial charge is 0.341 e. The first-order chi connectivity index (χ1) is 16.3. The lowest BCUT2D eigenvalue weighted by molar-refractivity contribution is -0.147. The second-order valence-electron chi connectivity index (χ2n) is 7.60. The van der Waals surface area contributed by atoms with Crippen molar-refractivity contribution in [3.63, 3.8) is 0 Å². The molecule has 1 unspecified atom stereocenters. The zero-order valence-electron chi connectivity index (χ0n) is 18.6. The third-order valence-electron chi connectivity index (χ3n) is 5.53. The molecule has 1 atom stereocenters. The van der Waals surface area contributed by atoms with Crippen LogP contribution in [0.25, 0.3) is 16.5 Å². The summed E-state index contributed by atoms with van der Waals surface area (Å²) in [6, 6.07) is 9.91. The van der Waals surface area contributed by atoms with Gasteiger partial charge in [0.1, 0.15) is 11.9 Å². The summed E-state index contributed by atoms with van der Waals surface area (Å²) in [4.78, 5) is 43.8. The fourth-order valence-electron chi connectivity index (χ4n) is 4.03. The van der Waals surface area contributed by atoms with Crippen LogP contribution in [-0.4, -0.2) is 47.0 Å². The van der Waals surface area contributed by atoms with E-state index < -0.39 is 29.7 Å². The SMILES string of the molecule is CCOC(=O)C1=CN(C(=O)c2ccccc2F)C(C(=O)OCC)Cc2c1[nH]c1cc(Br)ccc21. The number of esters is 2. The van der Waals surface area contributed by atoms with Crippen molar-refractivity contribution in [1.29, 1.82) is 0 Å². The van der Waals surface area contributed by atoms with E-state index in [9.17, 15) is 18.8 Å². The van der Waals surface area contributed by atoms with E-state index in [1.54, 1.807) is 13.8 Å². The molecule has 0 spiro atoms. The summed E-state index contributed by atoms with van der Waals surface area (Å²) in [6.45, 7) is 3.54. The van der Waals surface area contributed by atoms with Gasteiger partial charge in [-0.25, -0.2) is 14.0 Å². The van der Waals surface area contributed by atoms with Crippen LogP contribution in [0.1, 0.15) is 35.5 Å². The van der Waals surface area contributed by atoms with E-state index >= 15 is 0 Å². The summed E-state index contributed by atoms with van der Waals surface area (Å²) >= 11 is 3.44. The van der Waals surface area contributed by atoms with E-state index in [-0.39, 0.29) is 30.8 Å². The monoisotopic (exact) mass is 528 g/mol. The summed E-state index contributed by atoms with van der Waals surface area (Å²) in [5.41, 5.74) is 1.66. The first-order valence-corrected chi connectivity index (χ1v) is 11.6. The van der Waals surface area contributed by atoms with E-state index in [4.69, 9.17) is 9.47 Å². The van der Waals surface area contributed by atoms with Crippen LogP contribution in [0.2, 0.25) is 0 Å². The van der Waals surface area contributed by atoms with Gasteiger partial charge in [-0.1, -0.05) is 34.1 Å². The van der Waals surface area contributed by atoms with Gasteiger partial charge in [-0.3, -0.25) is 9.69 Å². The van der Waals surface area contributed by atoms with Gasteiger partial charge in [0.2, 0.25) is 0 Å². The lowest BCUT2D eigenvalue weighted by Gasteiger charge is -2.26. The lowest BCUT2D eigenvalue weighted by atomic mass is 10.0. The normalized spacial score (nSPS) is 15.4. The minimum Gasteiger partial charge on any atom is -0.464 e. The van der Waals surface area contributed by atoms with Crippen molar-refractivity contribution in [2.24, 2.45) is 0 Å². The number of fused-ring (bicyclic) bond motifs is 3. The third-order valence-corrected chi connectivity index (χ3v) is 6.03. The molecule has 0 saturated carbocycles. The molecule has 34 heavy (non-hydrogen) atoms. The molecule has 4 rings (SSSR count). The molecule has 0 fully saturated rings. The van der Waals surface area contributed by atoms with Crippen LogP contribution in [0.15, 0.2) is 53.1 Å². The first-order valence-electron chi connectivity index (χ1n) is 10.8. The van der Waals surface area contributed by atoms with Gasteiger partial charge in [-0.05, 0) is 43.7 Å². The number of halogens is 2. The van der Waals surface area contributed by atoms with Gasteiger partial charge in [0, 0.05) is 28.0 Å². The van der Waals surface area contributed by atoms with Crippen molar-refractivity contribution < 1.29 is 28.2 Å². The van der Waals surface area contributed by atoms with E-state index in [0.29, 0.717) is 11.3 Å². The Morgan fingerprint density at radius 2 is 1.85 bits per heavy atom. The molecule has 1 amide bonds. The molecule has 0 radical (unpaired) electrons. The third kappa shape index (κ3) is 4.35. The van der Waals surface area contributed by atoms with Crippen molar-refractivity contribution in [1.82, 2.24) is 9.88 Å². The van der Waals surface area contributed by atoms with E-state index in [0.717, 1.165) is 26.3 Å². The molecule has 1 N–H and O–H groups in total. The molecule has 9 heteroatoms. The molecular weight excluding hydrogens is 507 g/mol. The topological polar surface area (TPSA) is 88.7 Å². The minimum atomic E-state index is -1.12. The van der Waals surface area contributed by atoms with Crippen LogP contribution in [-0.2, 0) is 25.5 Å². The number of nitrogens with one attached hydrogen (secondary N) is 1. The molecule has 2 aromatic carbocycles. The summed E-state index contributed by atoms with van der Waals surface area (Å²) in [6.07, 6.45) is 1.31. The van der Waals surface area contributed by atoms with Crippen LogP contribution in [0.5, 0.6) is 0 Å². The Morgan fingerprint density at radius 1 is 1.12 bits per heavy atom. The minimum absolute atomic E-state index is 0.0510. The predicted molar refractivity (Wildman–Crippen MR) is 127 cm³/mol. The Labute approximate surface area is 203 Å². The van der Waals surface area contributed by atoms with Gasteiger partial charge < -0.3 is 14.5 Å². The zero-order chi connectivity index (χ0) is 24.4. The second-order valence-corrected chi connectivity index (χ2v) is 8.51. The van der Waals surface area contributed by atoms with Crippen molar-refractivity contribution >= 4 is 50.3 Å². The molecular formula is C25H22BrFN2O5. The highest BCUT2D eigenvalue weighted by Crippen LogP contribution is 2.35. The Hall–Kier alpha value is -3.46. The number of H-pyrrole nitrogens is 1. The molecule has 7 nitrogen and oxygen atoms in total. The lowest BCUT2D eigenvalue weighted by Crippen LogP contribution is -2.44. The molecule has 1 aliphatic heterocycles. The molecule has 1 aliphatic rings. The van der Waals surface area contributed by atoms with Crippen LogP contribution < -0.4 is 0 Å². The van der Waals surface area contributed by atoms with Crippen molar-refractivity contribution in [2.45, 2.75) is 26.3 Å². The largest absolute Gasteiger partial charge is 0.464 e. The maximum Gasteiger partial charge on any atom is 0.341 e. The number of amides is 1. The van der Waals surface area contributed by atoms with Crippen molar-refractivity contribution in [3.8, 4) is 0 Å². The van der Waals surface area contributed by atoms with E-state index in [1.807, 2.05) is 18.2 Å². The number of benzene rings is 2. The Balaban J connectivity index is 1.95. The highest BCUT2D eigenvalue weighted by molar-refractivity contribution is 9.10. The highest BCUT2D eigenvalue weighted by Gasteiger charge is 2.38. The number of nitrogens with zero attached hydrogens (tertiary/aromatic N) is 1. The van der Waals surface area contributed by atoms with Gasteiger partial charge in [-0.15, -0.1) is 0 Å². The fourth-order valence-corrected chi connectivity index (χ4v) is 4.39. The number of rotatable bonds is 5. The van der Waals surface area contributed by atoms with Gasteiger partial charge in [0.15, 0.2) is 0 Å². The van der Waals surface area contributed by atoms with Crippen molar-refractivity contribution in [2.75, 3.05) is 13.2 Å². The number of hydrogen-bond acceptors (Lipinski definition) is 5. The summed E-state index contributed by atoms with van der Waals surface area (Å²) < 4.78 is 25.9. The molecule has 0 bridgehead atoms. The zero-order valence-corrected chi connectivity index (χ0v) is 20.1. The van der Waals surface area contributed by atoms with E-state index in [1.165, 1.54) is 24.4 Å². The number of carbonyl (C=O) groups is 3. The van der Waals surface area contributed by atoms with Crippen LogP contribution >= 0.6 is 15.9 Å². The van der Waals surface area contributed by atoms with Crippen LogP contribution in [0.3, 0.4) is 0 Å². The molecule has 0 aliphatic carbocycles. The standard InChI is InChI=1S/C25H22BrFN2O5/c1-3-33-24(31)18-13-29(23(30)16-7-5-6-8-19(16)27)21(25(32)34-4-2)12-17-15-10-9-14(26)11-20(15)28-22(17)18/h5-11,13,21,28H,3-4,12H2,1-2H3. The Kier molecular flexibility index (Phi) is 6.83. The number of carbonyl (C=O) groups excluding carboxylic acids is 3. The van der Waals surface area contributed by atoms with Crippen LogP contribution in [0.4, 0.5) is 4.39 Å². The quantitative estimate of drug-likeness (QED) is 0.488.